The second-order valence-electron chi connectivity index (χ2n) is 5.74. The van der Waals surface area contributed by atoms with Crippen LogP contribution in [0.25, 0.3) is 0 Å². The van der Waals surface area contributed by atoms with Crippen LogP contribution in [0.1, 0.15) is 18.1 Å². The van der Waals surface area contributed by atoms with Crippen molar-refractivity contribution in [3.63, 3.8) is 0 Å². The monoisotopic (exact) mass is 368 g/mol. The van der Waals surface area contributed by atoms with Crippen LogP contribution in [0.5, 0.6) is 0 Å². The summed E-state index contributed by atoms with van der Waals surface area (Å²) in [6.45, 7) is 2.64. The fourth-order valence-corrected chi connectivity index (χ4v) is 3.41. The van der Waals surface area contributed by atoms with Crippen LogP contribution in [0.15, 0.2) is 72.0 Å². The smallest absolute Gasteiger partial charge is 0.261 e. The number of pyridine rings is 2. The lowest BCUT2D eigenvalue weighted by Gasteiger charge is -2.10. The first-order chi connectivity index (χ1) is 12.6. The number of nitrogens with one attached hydrogen (secondary N) is 2. The van der Waals surface area contributed by atoms with Gasteiger partial charge in [0, 0.05) is 18.9 Å². The van der Waals surface area contributed by atoms with Gasteiger partial charge in [0.1, 0.15) is 5.82 Å². The molecule has 0 bridgehead atoms. The second kappa shape index (κ2) is 7.97. The molecule has 0 aliphatic carbocycles. The third-order valence-corrected chi connectivity index (χ3v) is 5.28. The van der Waals surface area contributed by atoms with Crippen LogP contribution in [0.2, 0.25) is 0 Å². The van der Waals surface area contributed by atoms with Crippen molar-refractivity contribution in [2.75, 3.05) is 10.0 Å². The zero-order valence-electron chi connectivity index (χ0n) is 14.4. The lowest BCUT2D eigenvalue weighted by molar-refractivity contribution is 0.601. The van der Waals surface area contributed by atoms with Gasteiger partial charge in [-0.05, 0) is 53.9 Å². The molecule has 0 spiro atoms. The Balaban J connectivity index is 1.64. The van der Waals surface area contributed by atoms with Crippen LogP contribution >= 0.6 is 0 Å². The summed E-state index contributed by atoms with van der Waals surface area (Å²) in [5.41, 5.74) is 2.59. The molecular formula is C19H20N4O2S. The summed E-state index contributed by atoms with van der Waals surface area (Å²) in [4.78, 5) is 8.45. The van der Waals surface area contributed by atoms with Gasteiger partial charge in [0.15, 0.2) is 0 Å². The molecule has 134 valence electrons. The van der Waals surface area contributed by atoms with E-state index in [1.807, 2.05) is 31.2 Å². The van der Waals surface area contributed by atoms with Gasteiger partial charge in [0.05, 0.1) is 16.8 Å². The molecule has 0 saturated heterocycles. The Kier molecular flexibility index (Phi) is 5.48. The van der Waals surface area contributed by atoms with E-state index >= 15 is 0 Å². The number of hydrogen-bond acceptors (Lipinski definition) is 5. The van der Waals surface area contributed by atoms with E-state index < -0.39 is 10.0 Å². The van der Waals surface area contributed by atoms with Crippen LogP contribution in [0, 0.1) is 0 Å². The number of aromatic nitrogens is 2. The first-order valence-electron chi connectivity index (χ1n) is 8.27. The predicted octanol–water partition coefficient (Wildman–Crippen LogP) is 3.45. The molecule has 0 atom stereocenters. The molecule has 2 heterocycles. The van der Waals surface area contributed by atoms with E-state index in [1.165, 1.54) is 6.20 Å². The minimum Gasteiger partial charge on any atom is -0.366 e. The number of anilines is 2. The van der Waals surface area contributed by atoms with Crippen LogP contribution in [0.3, 0.4) is 0 Å². The highest BCUT2D eigenvalue weighted by molar-refractivity contribution is 7.92. The molecule has 3 rings (SSSR count). The highest BCUT2D eigenvalue weighted by Crippen LogP contribution is 2.17. The van der Waals surface area contributed by atoms with Gasteiger partial charge in [-0.25, -0.2) is 13.4 Å². The third kappa shape index (κ3) is 4.58. The summed E-state index contributed by atoms with van der Waals surface area (Å²) in [6.07, 6.45) is 5.82. The molecule has 0 saturated carbocycles. The van der Waals surface area contributed by atoms with Crippen LogP contribution < -0.4 is 10.0 Å². The normalized spacial score (nSPS) is 11.1. The minimum absolute atomic E-state index is 0.231. The Morgan fingerprint density at radius 1 is 0.923 bits per heavy atom. The fraction of sp³-hybridized carbons (Fsp3) is 0.158. The summed E-state index contributed by atoms with van der Waals surface area (Å²) in [5, 5.41) is 3.18. The zero-order valence-corrected chi connectivity index (χ0v) is 15.2. The standard InChI is InChI=1S/C19H20N4O2S/c1-2-15-3-6-18(7-4-15)26(24,25)23-17-5-8-19(22-14-17)21-13-16-9-11-20-12-10-16/h3-12,14,23H,2,13H2,1H3,(H,21,22). The maximum Gasteiger partial charge on any atom is 0.261 e. The molecule has 0 radical (unpaired) electrons. The molecule has 0 amide bonds. The van der Waals surface area contributed by atoms with Crippen molar-refractivity contribution in [1.29, 1.82) is 0 Å². The molecule has 2 N–H and O–H groups in total. The zero-order chi connectivity index (χ0) is 18.4. The molecule has 2 aromatic heterocycles. The van der Waals surface area contributed by atoms with Gasteiger partial charge in [0.2, 0.25) is 0 Å². The maximum absolute atomic E-state index is 12.4. The maximum atomic E-state index is 12.4. The van der Waals surface area contributed by atoms with Gasteiger partial charge >= 0.3 is 0 Å². The number of rotatable bonds is 7. The van der Waals surface area contributed by atoms with Gasteiger partial charge in [-0.1, -0.05) is 19.1 Å². The SMILES string of the molecule is CCc1ccc(S(=O)(=O)Nc2ccc(NCc3ccncc3)nc2)cc1. The largest absolute Gasteiger partial charge is 0.366 e. The van der Waals surface area contributed by atoms with Gasteiger partial charge < -0.3 is 5.32 Å². The average Bonchev–Trinajstić information content (AvgIpc) is 2.68. The number of sulfonamides is 1. The van der Waals surface area contributed by atoms with Gasteiger partial charge in [-0.3, -0.25) is 9.71 Å². The summed E-state index contributed by atoms with van der Waals surface area (Å²) in [6, 6.07) is 14.1. The Hall–Kier alpha value is -2.93. The highest BCUT2D eigenvalue weighted by atomic mass is 32.2. The molecular weight excluding hydrogens is 348 g/mol. The molecule has 0 unspecified atom stereocenters. The van der Waals surface area contributed by atoms with E-state index in [-0.39, 0.29) is 4.90 Å². The van der Waals surface area contributed by atoms with Crippen LogP contribution in [-0.4, -0.2) is 18.4 Å². The van der Waals surface area contributed by atoms with Crippen molar-refractivity contribution in [2.45, 2.75) is 24.8 Å². The Labute approximate surface area is 153 Å². The van der Waals surface area contributed by atoms with E-state index in [1.54, 1.807) is 36.7 Å². The Bertz CT molecular complexity index is 941. The summed E-state index contributed by atoms with van der Waals surface area (Å²) in [5.74, 6) is 0.664. The van der Waals surface area contributed by atoms with E-state index in [2.05, 4.69) is 20.0 Å². The number of nitrogens with zero attached hydrogens (tertiary/aromatic N) is 2. The lowest BCUT2D eigenvalue weighted by Crippen LogP contribution is -2.13. The van der Waals surface area contributed by atoms with Crippen molar-refractivity contribution in [3.8, 4) is 0 Å². The average molecular weight is 368 g/mol. The summed E-state index contributed by atoms with van der Waals surface area (Å²) >= 11 is 0. The molecule has 0 fully saturated rings. The first kappa shape index (κ1) is 17.9. The summed E-state index contributed by atoms with van der Waals surface area (Å²) in [7, 11) is -3.62. The van der Waals surface area contributed by atoms with Crippen molar-refractivity contribution >= 4 is 21.5 Å². The highest BCUT2D eigenvalue weighted by Gasteiger charge is 2.14. The third-order valence-electron chi connectivity index (χ3n) is 3.88. The van der Waals surface area contributed by atoms with E-state index in [0.717, 1.165) is 17.5 Å². The quantitative estimate of drug-likeness (QED) is 0.667. The van der Waals surface area contributed by atoms with E-state index in [9.17, 15) is 8.42 Å². The number of aryl methyl sites for hydroxylation is 1. The molecule has 7 heteroatoms. The van der Waals surface area contributed by atoms with Crippen molar-refractivity contribution in [3.05, 3.63) is 78.2 Å². The molecule has 6 nitrogen and oxygen atoms in total. The number of benzene rings is 1. The fourth-order valence-electron chi connectivity index (χ4n) is 2.37. The summed E-state index contributed by atoms with van der Waals surface area (Å²) < 4.78 is 27.4. The predicted molar refractivity (Wildman–Crippen MR) is 102 cm³/mol. The minimum atomic E-state index is -3.62. The number of hydrogen-bond donors (Lipinski definition) is 2. The molecule has 26 heavy (non-hydrogen) atoms. The lowest BCUT2D eigenvalue weighted by atomic mass is 10.2. The van der Waals surface area contributed by atoms with E-state index in [0.29, 0.717) is 18.1 Å². The van der Waals surface area contributed by atoms with Gasteiger partial charge in [-0.15, -0.1) is 0 Å². The molecule has 0 aliphatic heterocycles. The van der Waals surface area contributed by atoms with Gasteiger partial charge in [-0.2, -0.15) is 0 Å². The van der Waals surface area contributed by atoms with Crippen molar-refractivity contribution in [1.82, 2.24) is 9.97 Å². The van der Waals surface area contributed by atoms with E-state index in [4.69, 9.17) is 0 Å². The molecule has 0 aliphatic rings. The first-order valence-corrected chi connectivity index (χ1v) is 9.76. The van der Waals surface area contributed by atoms with Crippen molar-refractivity contribution < 1.29 is 8.42 Å². The molecule has 1 aromatic carbocycles. The topological polar surface area (TPSA) is 84.0 Å². The Morgan fingerprint density at radius 3 is 2.27 bits per heavy atom. The molecule has 3 aromatic rings. The second-order valence-corrected chi connectivity index (χ2v) is 7.43. The van der Waals surface area contributed by atoms with Crippen LogP contribution in [0.4, 0.5) is 11.5 Å². The van der Waals surface area contributed by atoms with Crippen molar-refractivity contribution in [2.24, 2.45) is 0 Å². The van der Waals surface area contributed by atoms with Crippen LogP contribution in [-0.2, 0) is 23.0 Å². The Morgan fingerprint density at radius 2 is 1.65 bits per heavy atom. The van der Waals surface area contributed by atoms with Gasteiger partial charge in [0.25, 0.3) is 10.0 Å².